The zero-order valence-electron chi connectivity index (χ0n) is 20.8. The number of hydrogen-bond acceptors (Lipinski definition) is 6. The van der Waals surface area contributed by atoms with Gasteiger partial charge in [0.2, 0.25) is 15.9 Å². The third-order valence-corrected chi connectivity index (χ3v) is 6.07. The molecule has 0 spiro atoms. The minimum Gasteiger partial charge on any atom is -0.496 e. The Morgan fingerprint density at radius 2 is 1.77 bits per heavy atom. The van der Waals surface area contributed by atoms with Crippen LogP contribution in [0.3, 0.4) is 0 Å². The molecule has 3 rings (SSSR count). The highest BCUT2D eigenvalue weighted by Gasteiger charge is 2.28. The quantitative estimate of drug-likeness (QED) is 0.439. The molecule has 1 aliphatic heterocycles. The van der Waals surface area contributed by atoms with Crippen molar-refractivity contribution in [1.29, 1.82) is 0 Å². The van der Waals surface area contributed by atoms with Gasteiger partial charge in [-0.15, -0.1) is 0 Å². The maximum atomic E-state index is 12.5. The molecule has 0 radical (unpaired) electrons. The number of nitrogens with zero attached hydrogens (tertiary/aromatic N) is 1. The fourth-order valence-electron chi connectivity index (χ4n) is 3.81. The molecule has 1 fully saturated rings. The molecule has 2 N–H and O–H groups in total. The molecule has 1 aliphatic rings. The van der Waals surface area contributed by atoms with Crippen molar-refractivity contribution in [1.82, 2.24) is 5.32 Å². The molecule has 35 heavy (non-hydrogen) atoms. The number of carbonyl (C=O) groups is 2. The minimum absolute atomic E-state index is 0.213. The van der Waals surface area contributed by atoms with Gasteiger partial charge in [-0.25, -0.2) is 13.2 Å². The number of sulfonamides is 1. The van der Waals surface area contributed by atoms with Gasteiger partial charge in [0.15, 0.2) is 0 Å². The number of imide groups is 1. The number of rotatable bonds is 7. The molecule has 0 aromatic heterocycles. The second kappa shape index (κ2) is 9.99. The Labute approximate surface area is 206 Å². The van der Waals surface area contributed by atoms with Gasteiger partial charge < -0.3 is 9.47 Å². The highest BCUT2D eigenvalue weighted by Crippen LogP contribution is 2.40. The first-order valence-corrected chi connectivity index (χ1v) is 12.9. The highest BCUT2D eigenvalue weighted by molar-refractivity contribution is 7.92. The van der Waals surface area contributed by atoms with E-state index < -0.39 is 16.1 Å². The van der Waals surface area contributed by atoms with E-state index in [4.69, 9.17) is 9.47 Å². The molecule has 0 aliphatic carbocycles. The van der Waals surface area contributed by atoms with Crippen LogP contribution >= 0.6 is 0 Å². The number of methoxy groups -OCH3 is 2. The summed E-state index contributed by atoms with van der Waals surface area (Å²) < 4.78 is 36.9. The van der Waals surface area contributed by atoms with Gasteiger partial charge in [0.25, 0.3) is 0 Å². The average molecular weight is 502 g/mol. The molecule has 1 heterocycles. The molecule has 3 amide bonds. The molecule has 2 aromatic rings. The number of ether oxygens (including phenoxy) is 2. The molecule has 188 valence electrons. The molecule has 9 nitrogen and oxygen atoms in total. The second-order valence-electron chi connectivity index (χ2n) is 9.29. The summed E-state index contributed by atoms with van der Waals surface area (Å²) in [5.41, 5.74) is 3.06. The van der Waals surface area contributed by atoms with E-state index in [0.29, 0.717) is 28.4 Å². The SMILES string of the molecule is CO/C(=C\c1cc(N2CCC(=O)NC2=O)cc(C(C)(C)C)c1OC)c1ccc(NS(C)(=O)=O)cc1. The zero-order valence-corrected chi connectivity index (χ0v) is 21.6. The largest absolute Gasteiger partial charge is 0.496 e. The summed E-state index contributed by atoms with van der Waals surface area (Å²) in [6, 6.07) is 10.0. The van der Waals surface area contributed by atoms with E-state index in [0.717, 1.165) is 17.4 Å². The Bertz CT molecular complexity index is 1260. The summed E-state index contributed by atoms with van der Waals surface area (Å²) >= 11 is 0. The Hall–Kier alpha value is -3.53. The van der Waals surface area contributed by atoms with Crippen LogP contribution in [0.1, 0.15) is 43.9 Å². The normalized spacial score (nSPS) is 15.0. The molecule has 0 unspecified atom stereocenters. The summed E-state index contributed by atoms with van der Waals surface area (Å²) in [4.78, 5) is 25.7. The van der Waals surface area contributed by atoms with E-state index in [2.05, 4.69) is 10.0 Å². The van der Waals surface area contributed by atoms with Gasteiger partial charge in [0.05, 0.1) is 20.5 Å². The van der Waals surface area contributed by atoms with Gasteiger partial charge in [0.1, 0.15) is 11.5 Å². The van der Waals surface area contributed by atoms with E-state index in [1.54, 1.807) is 38.5 Å². The number of nitrogens with one attached hydrogen (secondary N) is 2. The zero-order chi connectivity index (χ0) is 26.0. The lowest BCUT2D eigenvalue weighted by Gasteiger charge is -2.30. The minimum atomic E-state index is -3.39. The fourth-order valence-corrected chi connectivity index (χ4v) is 4.38. The molecule has 10 heteroatoms. The molecular weight excluding hydrogens is 470 g/mol. The average Bonchev–Trinajstić information content (AvgIpc) is 2.76. The summed E-state index contributed by atoms with van der Waals surface area (Å²) in [5.74, 6) is 0.857. The lowest BCUT2D eigenvalue weighted by Crippen LogP contribution is -2.49. The first-order chi connectivity index (χ1) is 16.3. The third-order valence-electron chi connectivity index (χ3n) is 5.46. The van der Waals surface area contributed by atoms with Crippen molar-refractivity contribution in [3.05, 3.63) is 53.1 Å². The molecular formula is C25H31N3O6S. The van der Waals surface area contributed by atoms with Crippen LogP contribution < -0.4 is 19.7 Å². The van der Waals surface area contributed by atoms with Gasteiger partial charge in [0, 0.05) is 41.0 Å². The molecule has 2 aromatic carbocycles. The van der Waals surface area contributed by atoms with E-state index in [1.807, 2.05) is 39.0 Å². The summed E-state index contributed by atoms with van der Waals surface area (Å²) in [5, 5.41) is 2.36. The van der Waals surface area contributed by atoms with E-state index in [-0.39, 0.29) is 24.3 Å². The van der Waals surface area contributed by atoms with Gasteiger partial charge in [-0.2, -0.15) is 0 Å². The molecule has 0 saturated carbocycles. The maximum Gasteiger partial charge on any atom is 0.328 e. The standard InChI is InChI=1S/C25H31N3O6S/c1-25(2,3)20-15-19(28-12-11-22(29)26-24(28)30)13-17(23(20)34-5)14-21(33-4)16-7-9-18(10-8-16)27-35(6,31)32/h7-10,13-15,27H,11-12H2,1-6H3,(H,26,29,30)/b21-14-. The van der Waals surface area contributed by atoms with Crippen LogP contribution in [0.4, 0.5) is 16.2 Å². The van der Waals surface area contributed by atoms with Crippen molar-refractivity contribution >= 4 is 45.2 Å². The summed E-state index contributed by atoms with van der Waals surface area (Å²) in [6.07, 6.45) is 3.11. The number of hydrogen-bond donors (Lipinski definition) is 2. The predicted octanol–water partition coefficient (Wildman–Crippen LogP) is 3.96. The molecule has 0 bridgehead atoms. The smallest absolute Gasteiger partial charge is 0.328 e. The van der Waals surface area contributed by atoms with Crippen molar-refractivity contribution in [3.8, 4) is 5.75 Å². The van der Waals surface area contributed by atoms with Crippen LogP contribution in [-0.4, -0.2) is 47.4 Å². The van der Waals surface area contributed by atoms with Crippen LogP contribution in [0.25, 0.3) is 11.8 Å². The fraction of sp³-hybridized carbons (Fsp3) is 0.360. The topological polar surface area (TPSA) is 114 Å². The van der Waals surface area contributed by atoms with E-state index in [1.165, 1.54) is 4.90 Å². The van der Waals surface area contributed by atoms with Crippen LogP contribution in [-0.2, 0) is 25.0 Å². The number of urea groups is 1. The first-order valence-electron chi connectivity index (χ1n) is 11.0. The maximum absolute atomic E-state index is 12.5. The summed E-state index contributed by atoms with van der Waals surface area (Å²) in [6.45, 7) is 6.42. The lowest BCUT2D eigenvalue weighted by atomic mass is 9.84. The third kappa shape index (κ3) is 6.33. The predicted molar refractivity (Wildman–Crippen MR) is 137 cm³/mol. The van der Waals surface area contributed by atoms with Crippen molar-refractivity contribution in [2.75, 3.05) is 36.6 Å². The van der Waals surface area contributed by atoms with Crippen LogP contribution in [0.5, 0.6) is 5.75 Å². The van der Waals surface area contributed by atoms with E-state index in [9.17, 15) is 18.0 Å². The molecule has 0 atom stereocenters. The first kappa shape index (κ1) is 26.1. The summed E-state index contributed by atoms with van der Waals surface area (Å²) in [7, 11) is -0.256. The molecule has 1 saturated heterocycles. The monoisotopic (exact) mass is 501 g/mol. The number of anilines is 2. The van der Waals surface area contributed by atoms with Crippen molar-refractivity contribution < 1.29 is 27.5 Å². The van der Waals surface area contributed by atoms with Crippen LogP contribution in [0, 0.1) is 0 Å². The number of benzene rings is 2. The highest BCUT2D eigenvalue weighted by atomic mass is 32.2. The second-order valence-corrected chi connectivity index (χ2v) is 11.0. The Kier molecular flexibility index (Phi) is 7.44. The Morgan fingerprint density at radius 3 is 2.29 bits per heavy atom. The number of carbonyl (C=O) groups excluding carboxylic acids is 2. The van der Waals surface area contributed by atoms with Gasteiger partial charge in [-0.1, -0.05) is 20.8 Å². The van der Waals surface area contributed by atoms with Gasteiger partial charge in [-0.3, -0.25) is 19.7 Å². The Balaban J connectivity index is 2.12. The van der Waals surface area contributed by atoms with Crippen LogP contribution in [0.2, 0.25) is 0 Å². The van der Waals surface area contributed by atoms with Crippen molar-refractivity contribution in [2.24, 2.45) is 0 Å². The van der Waals surface area contributed by atoms with Gasteiger partial charge in [-0.05, 0) is 47.9 Å². The number of amides is 3. The Morgan fingerprint density at radius 1 is 1.11 bits per heavy atom. The van der Waals surface area contributed by atoms with Crippen LogP contribution in [0.15, 0.2) is 36.4 Å². The lowest BCUT2D eigenvalue weighted by molar-refractivity contribution is -0.120. The van der Waals surface area contributed by atoms with Crippen molar-refractivity contribution in [3.63, 3.8) is 0 Å². The van der Waals surface area contributed by atoms with Crippen molar-refractivity contribution in [2.45, 2.75) is 32.6 Å². The van der Waals surface area contributed by atoms with E-state index >= 15 is 0 Å². The van der Waals surface area contributed by atoms with Gasteiger partial charge >= 0.3 is 6.03 Å².